The summed E-state index contributed by atoms with van der Waals surface area (Å²) in [6, 6.07) is 0. The number of hydrogen-bond donors (Lipinski definition) is 0. The maximum absolute atomic E-state index is 2.35. The molecule has 0 aliphatic heterocycles. The van der Waals surface area contributed by atoms with Crippen LogP contribution in [0.25, 0.3) is 0 Å². The quantitative estimate of drug-likeness (QED) is 0.0542. The van der Waals surface area contributed by atoms with Gasteiger partial charge in [0.2, 0.25) is 0 Å². The molecule has 0 fully saturated rings. The van der Waals surface area contributed by atoms with Crippen molar-refractivity contribution < 1.29 is 0 Å². The molecule has 326 valence electrons. The SMILES string of the molecule is CCCCCCCCCCCCCCCCCCCCCCCCCCCCCCCCCCCCCCCCCCCCCCCCCCCC(C)C. The molecular weight excluding hydrogens is 649 g/mol. The molecule has 0 saturated carbocycles. The van der Waals surface area contributed by atoms with Gasteiger partial charge in [0.05, 0.1) is 0 Å². The predicted octanol–water partition coefficient (Wildman–Crippen LogP) is 21.2. The summed E-state index contributed by atoms with van der Waals surface area (Å²) in [4.78, 5) is 0. The first-order valence-corrected chi connectivity index (χ1v) is 26.8. The highest BCUT2D eigenvalue weighted by molar-refractivity contribution is 4.55. The second-order valence-corrected chi connectivity index (χ2v) is 19.2. The van der Waals surface area contributed by atoms with E-state index in [1.807, 2.05) is 0 Å². The van der Waals surface area contributed by atoms with Crippen LogP contribution < -0.4 is 0 Å². The third kappa shape index (κ3) is 52.0. The van der Waals surface area contributed by atoms with E-state index >= 15 is 0 Å². The molecule has 0 aromatic carbocycles. The first-order chi connectivity index (χ1) is 26.8. The summed E-state index contributed by atoms with van der Waals surface area (Å²) in [5.41, 5.74) is 0. The van der Waals surface area contributed by atoms with Crippen LogP contribution in [0.1, 0.15) is 342 Å². The lowest BCUT2D eigenvalue weighted by molar-refractivity contribution is 0.500. The van der Waals surface area contributed by atoms with Crippen LogP contribution in [0.5, 0.6) is 0 Å². The summed E-state index contributed by atoms with van der Waals surface area (Å²) >= 11 is 0. The first kappa shape index (κ1) is 54.0. The summed E-state index contributed by atoms with van der Waals surface area (Å²) in [5.74, 6) is 0.896. The van der Waals surface area contributed by atoms with Gasteiger partial charge >= 0.3 is 0 Å². The second kappa shape index (κ2) is 51.0. The summed E-state index contributed by atoms with van der Waals surface area (Å²) in [6.45, 7) is 7.02. The lowest BCUT2D eigenvalue weighted by Crippen LogP contribution is -1.87. The Hall–Kier alpha value is 0. The van der Waals surface area contributed by atoms with E-state index in [2.05, 4.69) is 20.8 Å². The average Bonchev–Trinajstić information content (AvgIpc) is 3.17. The smallest absolute Gasteiger partial charge is 0.0471 e. The van der Waals surface area contributed by atoms with E-state index in [0.717, 1.165) is 5.92 Å². The van der Waals surface area contributed by atoms with Gasteiger partial charge in [0.25, 0.3) is 0 Å². The molecule has 0 unspecified atom stereocenters. The molecule has 0 aromatic rings. The van der Waals surface area contributed by atoms with Gasteiger partial charge in [-0.2, -0.15) is 0 Å². The van der Waals surface area contributed by atoms with Crippen LogP contribution in [0.4, 0.5) is 0 Å². The van der Waals surface area contributed by atoms with Crippen LogP contribution in [-0.2, 0) is 0 Å². The van der Waals surface area contributed by atoms with Gasteiger partial charge in [0, 0.05) is 0 Å². The van der Waals surface area contributed by atoms with Crippen molar-refractivity contribution in [3.05, 3.63) is 0 Å². The Morgan fingerprint density at radius 3 is 0.389 bits per heavy atom. The number of hydrogen-bond acceptors (Lipinski definition) is 0. The van der Waals surface area contributed by atoms with Crippen LogP contribution >= 0.6 is 0 Å². The van der Waals surface area contributed by atoms with E-state index in [4.69, 9.17) is 0 Å². The van der Waals surface area contributed by atoms with Crippen LogP contribution in [-0.4, -0.2) is 0 Å². The third-order valence-electron chi connectivity index (χ3n) is 12.9. The van der Waals surface area contributed by atoms with Crippen molar-refractivity contribution in [3.8, 4) is 0 Å². The minimum atomic E-state index is 0.896. The normalized spacial score (nSPS) is 11.8. The van der Waals surface area contributed by atoms with Crippen molar-refractivity contribution in [2.24, 2.45) is 5.92 Å². The highest BCUT2D eigenvalue weighted by Crippen LogP contribution is 2.19. The maximum atomic E-state index is 2.35. The molecule has 0 N–H and O–H groups in total. The van der Waals surface area contributed by atoms with Crippen molar-refractivity contribution in [1.29, 1.82) is 0 Å². The molecule has 0 atom stereocenters. The molecule has 0 heterocycles. The lowest BCUT2D eigenvalue weighted by Gasteiger charge is -2.05. The minimum Gasteiger partial charge on any atom is -0.0654 e. The monoisotopic (exact) mass is 759 g/mol. The van der Waals surface area contributed by atoms with Crippen LogP contribution in [0, 0.1) is 5.92 Å². The van der Waals surface area contributed by atoms with Crippen molar-refractivity contribution in [2.45, 2.75) is 342 Å². The predicted molar refractivity (Wildman–Crippen MR) is 251 cm³/mol. The summed E-state index contributed by atoms with van der Waals surface area (Å²) in [7, 11) is 0. The van der Waals surface area contributed by atoms with E-state index in [0.29, 0.717) is 0 Å². The maximum Gasteiger partial charge on any atom is -0.0471 e. The largest absolute Gasteiger partial charge is 0.0654 e. The second-order valence-electron chi connectivity index (χ2n) is 19.2. The molecule has 0 radical (unpaired) electrons. The zero-order valence-electron chi connectivity index (χ0n) is 38.9. The van der Waals surface area contributed by atoms with E-state index in [9.17, 15) is 0 Å². The Morgan fingerprint density at radius 1 is 0.167 bits per heavy atom. The standard InChI is InChI=1S/C54H110/c1-4-5-6-7-8-9-10-11-12-13-14-15-16-17-18-19-20-21-22-23-24-25-26-27-28-29-30-31-32-33-34-35-36-37-38-39-40-41-42-43-44-45-46-47-48-49-50-51-52-53-54(2)3/h54H,4-53H2,1-3H3. The minimum absolute atomic E-state index is 0.896. The molecular formula is C54H110. The highest BCUT2D eigenvalue weighted by atomic mass is 14.1. The van der Waals surface area contributed by atoms with Crippen LogP contribution in [0.2, 0.25) is 0 Å². The molecule has 0 amide bonds. The van der Waals surface area contributed by atoms with Crippen LogP contribution in [0.3, 0.4) is 0 Å². The Morgan fingerprint density at radius 2 is 0.278 bits per heavy atom. The zero-order chi connectivity index (χ0) is 38.9. The van der Waals surface area contributed by atoms with Gasteiger partial charge in [-0.3, -0.25) is 0 Å². The molecule has 0 nitrogen and oxygen atoms in total. The topological polar surface area (TPSA) is 0 Å². The lowest BCUT2D eigenvalue weighted by atomic mass is 10.0. The average molecular weight is 759 g/mol. The summed E-state index contributed by atoms with van der Waals surface area (Å²) in [5, 5.41) is 0. The number of unbranched alkanes of at least 4 members (excludes halogenated alkanes) is 48. The summed E-state index contributed by atoms with van der Waals surface area (Å²) in [6.07, 6.45) is 74.4. The fraction of sp³-hybridized carbons (Fsp3) is 1.00. The van der Waals surface area contributed by atoms with Gasteiger partial charge < -0.3 is 0 Å². The van der Waals surface area contributed by atoms with Crippen molar-refractivity contribution in [2.75, 3.05) is 0 Å². The van der Waals surface area contributed by atoms with Gasteiger partial charge in [-0.05, 0) is 5.92 Å². The van der Waals surface area contributed by atoms with E-state index < -0.39 is 0 Å². The van der Waals surface area contributed by atoms with Gasteiger partial charge in [-0.25, -0.2) is 0 Å². The van der Waals surface area contributed by atoms with Crippen molar-refractivity contribution in [3.63, 3.8) is 0 Å². The van der Waals surface area contributed by atoms with Crippen LogP contribution in [0.15, 0.2) is 0 Å². The molecule has 54 heavy (non-hydrogen) atoms. The molecule has 0 aliphatic carbocycles. The fourth-order valence-corrected chi connectivity index (χ4v) is 8.93. The molecule has 0 aromatic heterocycles. The molecule has 0 bridgehead atoms. The Kier molecular flexibility index (Phi) is 51.0. The Balaban J connectivity index is 3.05. The first-order valence-electron chi connectivity index (χ1n) is 26.8. The Labute approximate surface area is 346 Å². The van der Waals surface area contributed by atoms with Crippen molar-refractivity contribution >= 4 is 0 Å². The highest BCUT2D eigenvalue weighted by Gasteiger charge is 1.99. The van der Waals surface area contributed by atoms with E-state index in [1.165, 1.54) is 321 Å². The van der Waals surface area contributed by atoms with Gasteiger partial charge in [0.15, 0.2) is 0 Å². The third-order valence-corrected chi connectivity index (χ3v) is 12.9. The molecule has 0 spiro atoms. The van der Waals surface area contributed by atoms with Gasteiger partial charge in [-0.1, -0.05) is 342 Å². The van der Waals surface area contributed by atoms with Gasteiger partial charge in [0.1, 0.15) is 0 Å². The number of rotatable bonds is 50. The molecule has 0 rings (SSSR count). The summed E-state index contributed by atoms with van der Waals surface area (Å²) < 4.78 is 0. The molecule has 0 saturated heterocycles. The molecule has 0 heteroatoms. The fourth-order valence-electron chi connectivity index (χ4n) is 8.93. The van der Waals surface area contributed by atoms with E-state index in [1.54, 1.807) is 0 Å². The van der Waals surface area contributed by atoms with Crippen molar-refractivity contribution in [1.82, 2.24) is 0 Å². The zero-order valence-corrected chi connectivity index (χ0v) is 38.9. The molecule has 0 aliphatic rings. The Bertz CT molecular complexity index is 605. The van der Waals surface area contributed by atoms with Gasteiger partial charge in [-0.15, -0.1) is 0 Å². The van der Waals surface area contributed by atoms with E-state index in [-0.39, 0.29) is 0 Å².